The molecule has 0 aromatic heterocycles. The summed E-state index contributed by atoms with van der Waals surface area (Å²) < 4.78 is 11.2. The van der Waals surface area contributed by atoms with Crippen LogP contribution in [-0.4, -0.2) is 19.8 Å². The number of nitrogens with zero attached hydrogens (tertiary/aromatic N) is 1. The Morgan fingerprint density at radius 1 is 1.30 bits per heavy atom. The van der Waals surface area contributed by atoms with Gasteiger partial charge in [0.1, 0.15) is 0 Å². The van der Waals surface area contributed by atoms with Crippen molar-refractivity contribution in [2.24, 2.45) is 0 Å². The molecule has 0 aliphatic rings. The summed E-state index contributed by atoms with van der Waals surface area (Å²) in [7, 11) is 1.65. The van der Waals surface area contributed by atoms with Crippen molar-refractivity contribution < 1.29 is 9.47 Å². The maximum absolute atomic E-state index is 8.51. The van der Waals surface area contributed by atoms with Gasteiger partial charge in [-0.15, -0.1) is 0 Å². The van der Waals surface area contributed by atoms with Gasteiger partial charge in [0.25, 0.3) is 0 Å². The quantitative estimate of drug-likeness (QED) is 0.703. The first-order chi connectivity index (χ1) is 9.69. The fourth-order valence-electron chi connectivity index (χ4n) is 1.82. The third kappa shape index (κ3) is 5.50. The molecule has 0 unspecified atom stereocenters. The maximum atomic E-state index is 8.51. The molecule has 0 bridgehead atoms. The number of methoxy groups -OCH3 is 1. The van der Waals surface area contributed by atoms with Crippen LogP contribution in [0.5, 0.6) is 11.5 Å². The molecule has 1 aromatic carbocycles. The lowest BCUT2D eigenvalue weighted by Gasteiger charge is -2.16. The minimum absolute atomic E-state index is 0.421. The van der Waals surface area contributed by atoms with Crippen LogP contribution in [0.25, 0.3) is 0 Å². The lowest BCUT2D eigenvalue weighted by atomic mass is 10.1. The Morgan fingerprint density at radius 2 is 2.10 bits per heavy atom. The van der Waals surface area contributed by atoms with Crippen molar-refractivity contribution in [3.05, 3.63) is 23.8 Å². The van der Waals surface area contributed by atoms with E-state index in [-0.39, 0.29) is 0 Å². The Balaban J connectivity index is 2.66. The molecule has 1 aromatic rings. The third-order valence-electron chi connectivity index (χ3n) is 2.91. The van der Waals surface area contributed by atoms with Crippen LogP contribution in [0.15, 0.2) is 18.2 Å². The molecular weight excluding hydrogens is 252 g/mol. The molecule has 0 heterocycles. The monoisotopic (exact) mass is 276 g/mol. The first-order valence-electron chi connectivity index (χ1n) is 7.08. The van der Waals surface area contributed by atoms with E-state index in [2.05, 4.69) is 25.2 Å². The Morgan fingerprint density at radius 3 is 2.75 bits per heavy atom. The summed E-state index contributed by atoms with van der Waals surface area (Å²) in [5, 5.41) is 11.9. The molecule has 0 saturated heterocycles. The largest absolute Gasteiger partial charge is 0.493 e. The van der Waals surface area contributed by atoms with Gasteiger partial charge in [-0.1, -0.05) is 26.0 Å². The predicted octanol–water partition coefficient (Wildman–Crippen LogP) is 3.27. The zero-order valence-corrected chi connectivity index (χ0v) is 12.6. The average Bonchev–Trinajstić information content (AvgIpc) is 2.45. The Kier molecular flexibility index (Phi) is 7.52. The first kappa shape index (κ1) is 16.3. The van der Waals surface area contributed by atoms with Crippen LogP contribution in [0, 0.1) is 11.3 Å². The van der Waals surface area contributed by atoms with Crippen LogP contribution in [0.2, 0.25) is 0 Å². The topological polar surface area (TPSA) is 54.3 Å². The Hall–Kier alpha value is -1.73. The van der Waals surface area contributed by atoms with Crippen LogP contribution < -0.4 is 14.8 Å². The lowest BCUT2D eigenvalue weighted by Crippen LogP contribution is -2.22. The van der Waals surface area contributed by atoms with Gasteiger partial charge in [0.2, 0.25) is 0 Å². The van der Waals surface area contributed by atoms with Gasteiger partial charge in [-0.3, -0.25) is 0 Å². The lowest BCUT2D eigenvalue weighted by molar-refractivity contribution is 0.283. The number of rotatable bonds is 9. The molecule has 0 aliphatic heterocycles. The van der Waals surface area contributed by atoms with Gasteiger partial charge in [-0.25, -0.2) is 0 Å². The van der Waals surface area contributed by atoms with Crippen molar-refractivity contribution in [3.63, 3.8) is 0 Å². The SMILES string of the molecule is COc1cccc(CNC(C)C)c1OCCCCC#N. The molecule has 0 aliphatic carbocycles. The van der Waals surface area contributed by atoms with Crippen LogP contribution in [-0.2, 0) is 6.54 Å². The van der Waals surface area contributed by atoms with Gasteiger partial charge in [-0.05, 0) is 18.9 Å². The number of nitriles is 1. The predicted molar refractivity (Wildman–Crippen MR) is 79.9 cm³/mol. The van der Waals surface area contributed by atoms with E-state index < -0.39 is 0 Å². The van der Waals surface area contributed by atoms with Gasteiger partial charge in [0, 0.05) is 24.6 Å². The van der Waals surface area contributed by atoms with Crippen LogP contribution >= 0.6 is 0 Å². The summed E-state index contributed by atoms with van der Waals surface area (Å²) >= 11 is 0. The molecule has 0 saturated carbocycles. The molecule has 20 heavy (non-hydrogen) atoms. The maximum Gasteiger partial charge on any atom is 0.165 e. The van der Waals surface area contributed by atoms with E-state index in [0.717, 1.165) is 36.4 Å². The van der Waals surface area contributed by atoms with Crippen molar-refractivity contribution in [1.29, 1.82) is 5.26 Å². The van der Waals surface area contributed by atoms with Crippen LogP contribution in [0.3, 0.4) is 0 Å². The molecule has 0 radical (unpaired) electrons. The van der Waals surface area contributed by atoms with Crippen molar-refractivity contribution in [1.82, 2.24) is 5.32 Å². The van der Waals surface area contributed by atoms with E-state index in [1.807, 2.05) is 18.2 Å². The molecule has 4 nitrogen and oxygen atoms in total. The van der Waals surface area contributed by atoms with Crippen LogP contribution in [0.4, 0.5) is 0 Å². The Bertz CT molecular complexity index is 439. The molecular formula is C16H24N2O2. The van der Waals surface area contributed by atoms with Gasteiger partial charge in [0.15, 0.2) is 11.5 Å². The minimum atomic E-state index is 0.421. The van der Waals surface area contributed by atoms with E-state index in [9.17, 15) is 0 Å². The summed E-state index contributed by atoms with van der Waals surface area (Å²) in [5.74, 6) is 1.56. The highest BCUT2D eigenvalue weighted by Gasteiger charge is 2.10. The highest BCUT2D eigenvalue weighted by Crippen LogP contribution is 2.31. The number of para-hydroxylation sites is 1. The van der Waals surface area contributed by atoms with Gasteiger partial charge in [-0.2, -0.15) is 5.26 Å². The zero-order chi connectivity index (χ0) is 14.8. The smallest absolute Gasteiger partial charge is 0.165 e. The summed E-state index contributed by atoms with van der Waals surface area (Å²) in [4.78, 5) is 0. The van der Waals surface area contributed by atoms with Gasteiger partial charge >= 0.3 is 0 Å². The van der Waals surface area contributed by atoms with Gasteiger partial charge in [0.05, 0.1) is 19.8 Å². The zero-order valence-electron chi connectivity index (χ0n) is 12.6. The van der Waals surface area contributed by atoms with E-state index in [4.69, 9.17) is 14.7 Å². The highest BCUT2D eigenvalue weighted by molar-refractivity contribution is 5.46. The molecule has 1 rings (SSSR count). The second kappa shape index (κ2) is 9.22. The molecule has 0 amide bonds. The van der Waals surface area contributed by atoms with Crippen molar-refractivity contribution in [2.75, 3.05) is 13.7 Å². The molecule has 1 N–H and O–H groups in total. The van der Waals surface area contributed by atoms with Crippen molar-refractivity contribution >= 4 is 0 Å². The fourth-order valence-corrected chi connectivity index (χ4v) is 1.82. The summed E-state index contributed by atoms with van der Waals surface area (Å²) in [6.45, 7) is 5.59. The average molecular weight is 276 g/mol. The number of hydrogen-bond donors (Lipinski definition) is 1. The normalized spacial score (nSPS) is 10.3. The standard InChI is InChI=1S/C16H24N2O2/c1-13(2)18-12-14-8-7-9-15(19-3)16(14)20-11-6-4-5-10-17/h7-9,13,18H,4-6,11-12H2,1-3H3. The third-order valence-corrected chi connectivity index (χ3v) is 2.91. The first-order valence-corrected chi connectivity index (χ1v) is 7.08. The molecule has 110 valence electrons. The number of nitrogens with one attached hydrogen (secondary N) is 1. The summed E-state index contributed by atoms with van der Waals surface area (Å²) in [6, 6.07) is 8.49. The molecule has 0 spiro atoms. The fraction of sp³-hybridized carbons (Fsp3) is 0.562. The highest BCUT2D eigenvalue weighted by atomic mass is 16.5. The number of unbranched alkanes of at least 4 members (excludes halogenated alkanes) is 2. The van der Waals surface area contributed by atoms with E-state index in [1.54, 1.807) is 7.11 Å². The second-order valence-electron chi connectivity index (χ2n) is 4.95. The van der Waals surface area contributed by atoms with Crippen molar-refractivity contribution in [3.8, 4) is 17.6 Å². The van der Waals surface area contributed by atoms with Crippen LogP contribution in [0.1, 0.15) is 38.7 Å². The molecule has 0 atom stereocenters. The second-order valence-corrected chi connectivity index (χ2v) is 4.95. The molecule has 0 fully saturated rings. The number of hydrogen-bond acceptors (Lipinski definition) is 4. The van der Waals surface area contributed by atoms with Crippen molar-refractivity contribution in [2.45, 2.75) is 45.7 Å². The number of ether oxygens (including phenoxy) is 2. The Labute approximate surface area is 121 Å². The van der Waals surface area contributed by atoms with E-state index >= 15 is 0 Å². The number of benzene rings is 1. The minimum Gasteiger partial charge on any atom is -0.493 e. The van der Waals surface area contributed by atoms with E-state index in [0.29, 0.717) is 19.1 Å². The van der Waals surface area contributed by atoms with Gasteiger partial charge < -0.3 is 14.8 Å². The summed E-state index contributed by atoms with van der Waals surface area (Å²) in [5.41, 5.74) is 1.10. The van der Waals surface area contributed by atoms with E-state index in [1.165, 1.54) is 0 Å². The molecule has 4 heteroatoms. The summed E-state index contributed by atoms with van der Waals surface area (Å²) in [6.07, 6.45) is 2.32.